The summed E-state index contributed by atoms with van der Waals surface area (Å²) in [6.07, 6.45) is 3.03. The second-order valence-electron chi connectivity index (χ2n) is 6.21. The first kappa shape index (κ1) is 19.0. The van der Waals surface area contributed by atoms with Crippen molar-refractivity contribution in [2.24, 2.45) is 10.4 Å². The number of pyridine rings is 1. The molecule has 1 aromatic heterocycles. The minimum atomic E-state index is 0. The molecule has 1 aliphatic rings. The van der Waals surface area contributed by atoms with Gasteiger partial charge in [-0.25, -0.2) is 9.98 Å². The summed E-state index contributed by atoms with van der Waals surface area (Å²) in [6.45, 7) is 10.4. The number of hydrogen-bond acceptors (Lipinski definition) is 3. The standard InChI is InChI=1S/C16H26N4O.HI/c1-5-17-15(20-9-8-16(2,3)12-20)19-11-13-6-7-14(21-4)18-10-13;/h6-7,10H,5,8-9,11-12H2,1-4H3,(H,17,19);1H. The van der Waals surface area contributed by atoms with Gasteiger partial charge >= 0.3 is 0 Å². The van der Waals surface area contributed by atoms with Gasteiger partial charge in [-0.2, -0.15) is 0 Å². The number of aromatic nitrogens is 1. The molecule has 0 aliphatic carbocycles. The fourth-order valence-corrected chi connectivity index (χ4v) is 2.51. The molecule has 0 saturated carbocycles. The fraction of sp³-hybridized carbons (Fsp3) is 0.625. The molecule has 1 aliphatic heterocycles. The molecule has 5 nitrogen and oxygen atoms in total. The van der Waals surface area contributed by atoms with E-state index in [2.05, 4.69) is 36.0 Å². The topological polar surface area (TPSA) is 49.8 Å². The van der Waals surface area contributed by atoms with Gasteiger partial charge in [0.05, 0.1) is 13.7 Å². The first-order valence-corrected chi connectivity index (χ1v) is 7.56. The van der Waals surface area contributed by atoms with Gasteiger partial charge in [0.2, 0.25) is 5.88 Å². The predicted molar refractivity (Wildman–Crippen MR) is 101 cm³/mol. The highest BCUT2D eigenvalue weighted by molar-refractivity contribution is 14.0. The van der Waals surface area contributed by atoms with Crippen LogP contribution in [-0.2, 0) is 6.54 Å². The van der Waals surface area contributed by atoms with Gasteiger partial charge in [0.1, 0.15) is 0 Å². The highest BCUT2D eigenvalue weighted by atomic mass is 127. The average Bonchev–Trinajstić information content (AvgIpc) is 2.84. The lowest BCUT2D eigenvalue weighted by atomic mass is 9.93. The molecule has 1 aromatic rings. The van der Waals surface area contributed by atoms with E-state index in [0.29, 0.717) is 17.8 Å². The smallest absolute Gasteiger partial charge is 0.212 e. The molecule has 1 N–H and O–H groups in total. The third kappa shape index (κ3) is 5.30. The van der Waals surface area contributed by atoms with Gasteiger partial charge in [-0.1, -0.05) is 19.9 Å². The molecule has 0 amide bonds. The zero-order valence-corrected chi connectivity index (χ0v) is 16.3. The lowest BCUT2D eigenvalue weighted by Crippen LogP contribution is -2.40. The predicted octanol–water partition coefficient (Wildman–Crippen LogP) is 2.91. The highest BCUT2D eigenvalue weighted by Crippen LogP contribution is 2.28. The molecular weight excluding hydrogens is 391 g/mol. The van der Waals surface area contributed by atoms with E-state index in [1.54, 1.807) is 7.11 Å². The average molecular weight is 418 g/mol. The lowest BCUT2D eigenvalue weighted by Gasteiger charge is -2.23. The molecule has 1 saturated heterocycles. The minimum absolute atomic E-state index is 0. The molecule has 0 unspecified atom stereocenters. The molecule has 0 spiro atoms. The number of guanidine groups is 1. The zero-order valence-electron chi connectivity index (χ0n) is 13.9. The van der Waals surface area contributed by atoms with Crippen molar-refractivity contribution in [3.63, 3.8) is 0 Å². The van der Waals surface area contributed by atoms with E-state index in [9.17, 15) is 0 Å². The minimum Gasteiger partial charge on any atom is -0.481 e. The van der Waals surface area contributed by atoms with Gasteiger partial charge < -0.3 is 15.0 Å². The summed E-state index contributed by atoms with van der Waals surface area (Å²) in [5.41, 5.74) is 1.46. The SMILES string of the molecule is CCNC(=NCc1ccc(OC)nc1)N1CCC(C)(C)C1.I. The van der Waals surface area contributed by atoms with Crippen molar-refractivity contribution in [2.75, 3.05) is 26.7 Å². The third-order valence-electron chi connectivity index (χ3n) is 3.73. The number of ether oxygens (including phenoxy) is 1. The van der Waals surface area contributed by atoms with Crippen LogP contribution in [0.4, 0.5) is 0 Å². The third-order valence-corrected chi connectivity index (χ3v) is 3.73. The van der Waals surface area contributed by atoms with Gasteiger partial charge in [-0.05, 0) is 24.3 Å². The maximum absolute atomic E-state index is 5.07. The summed E-state index contributed by atoms with van der Waals surface area (Å²) in [4.78, 5) is 11.3. The molecule has 1 fully saturated rings. The largest absolute Gasteiger partial charge is 0.481 e. The van der Waals surface area contributed by atoms with Crippen molar-refractivity contribution in [1.82, 2.24) is 15.2 Å². The summed E-state index contributed by atoms with van der Waals surface area (Å²) in [5, 5.41) is 3.39. The van der Waals surface area contributed by atoms with Gasteiger partial charge in [-0.15, -0.1) is 24.0 Å². The molecule has 22 heavy (non-hydrogen) atoms. The van der Waals surface area contributed by atoms with Crippen LogP contribution in [0.25, 0.3) is 0 Å². The van der Waals surface area contributed by atoms with Crippen LogP contribution in [0.1, 0.15) is 32.8 Å². The van der Waals surface area contributed by atoms with Crippen LogP contribution in [0.2, 0.25) is 0 Å². The van der Waals surface area contributed by atoms with Crippen molar-refractivity contribution in [2.45, 2.75) is 33.7 Å². The molecule has 0 aromatic carbocycles. The summed E-state index contributed by atoms with van der Waals surface area (Å²) in [5.74, 6) is 1.63. The van der Waals surface area contributed by atoms with Crippen LogP contribution < -0.4 is 10.1 Å². The van der Waals surface area contributed by atoms with Gasteiger partial charge in [0.15, 0.2) is 5.96 Å². The molecule has 2 heterocycles. The van der Waals surface area contributed by atoms with E-state index < -0.39 is 0 Å². The molecule has 0 radical (unpaired) electrons. The van der Waals surface area contributed by atoms with E-state index in [1.807, 2.05) is 18.3 Å². The number of nitrogens with zero attached hydrogens (tertiary/aromatic N) is 3. The molecule has 2 rings (SSSR count). The Hall–Kier alpha value is -1.05. The molecule has 124 valence electrons. The Kier molecular flexibility index (Phi) is 7.38. The second kappa shape index (κ2) is 8.55. The van der Waals surface area contributed by atoms with Crippen molar-refractivity contribution >= 4 is 29.9 Å². The summed E-state index contributed by atoms with van der Waals surface area (Å²) in [6, 6.07) is 3.88. The Morgan fingerprint density at radius 3 is 2.73 bits per heavy atom. The van der Waals surface area contributed by atoms with E-state index in [-0.39, 0.29) is 24.0 Å². The van der Waals surface area contributed by atoms with Crippen molar-refractivity contribution in [1.29, 1.82) is 0 Å². The Bertz CT molecular complexity index is 487. The maximum Gasteiger partial charge on any atom is 0.212 e. The Morgan fingerprint density at radius 2 is 2.23 bits per heavy atom. The Labute approximate surface area is 150 Å². The number of methoxy groups -OCH3 is 1. The van der Waals surface area contributed by atoms with E-state index >= 15 is 0 Å². The van der Waals surface area contributed by atoms with E-state index in [1.165, 1.54) is 6.42 Å². The Balaban J connectivity index is 0.00000242. The number of likely N-dealkylation sites (tertiary alicyclic amines) is 1. The monoisotopic (exact) mass is 418 g/mol. The van der Waals surface area contributed by atoms with Crippen molar-refractivity contribution in [3.8, 4) is 5.88 Å². The summed E-state index contributed by atoms with van der Waals surface area (Å²) >= 11 is 0. The van der Waals surface area contributed by atoms with Crippen LogP contribution >= 0.6 is 24.0 Å². The highest BCUT2D eigenvalue weighted by Gasteiger charge is 2.30. The summed E-state index contributed by atoms with van der Waals surface area (Å²) in [7, 11) is 1.62. The van der Waals surface area contributed by atoms with Crippen LogP contribution in [0, 0.1) is 5.41 Å². The Morgan fingerprint density at radius 1 is 1.45 bits per heavy atom. The van der Waals surface area contributed by atoms with Gasteiger partial charge in [-0.3, -0.25) is 0 Å². The number of rotatable bonds is 4. The van der Waals surface area contributed by atoms with Crippen molar-refractivity contribution < 1.29 is 4.74 Å². The van der Waals surface area contributed by atoms with Crippen LogP contribution in [0.3, 0.4) is 0 Å². The first-order chi connectivity index (χ1) is 10.0. The number of aliphatic imine (C=N–C) groups is 1. The van der Waals surface area contributed by atoms with Crippen LogP contribution in [0.15, 0.2) is 23.3 Å². The van der Waals surface area contributed by atoms with Gasteiger partial charge in [0, 0.05) is 31.9 Å². The van der Waals surface area contributed by atoms with E-state index in [4.69, 9.17) is 9.73 Å². The first-order valence-electron chi connectivity index (χ1n) is 7.56. The molecule has 0 atom stereocenters. The normalized spacial score (nSPS) is 17.1. The lowest BCUT2D eigenvalue weighted by molar-refractivity contribution is 0.370. The second-order valence-corrected chi connectivity index (χ2v) is 6.21. The van der Waals surface area contributed by atoms with Crippen LogP contribution in [0.5, 0.6) is 5.88 Å². The zero-order chi connectivity index (χ0) is 15.3. The number of nitrogens with one attached hydrogen (secondary N) is 1. The van der Waals surface area contributed by atoms with E-state index in [0.717, 1.165) is 31.2 Å². The number of hydrogen-bond donors (Lipinski definition) is 1. The number of halogens is 1. The molecule has 6 heteroatoms. The molecule has 0 bridgehead atoms. The van der Waals surface area contributed by atoms with Gasteiger partial charge in [0.25, 0.3) is 0 Å². The van der Waals surface area contributed by atoms with Crippen molar-refractivity contribution in [3.05, 3.63) is 23.9 Å². The maximum atomic E-state index is 5.07. The fourth-order valence-electron chi connectivity index (χ4n) is 2.51. The summed E-state index contributed by atoms with van der Waals surface area (Å²) < 4.78 is 5.07. The molecular formula is C16H27IN4O. The van der Waals surface area contributed by atoms with Crippen LogP contribution in [-0.4, -0.2) is 42.6 Å². The quantitative estimate of drug-likeness (QED) is 0.464.